The van der Waals surface area contributed by atoms with Crippen LogP contribution < -0.4 is 36.7 Å². The van der Waals surface area contributed by atoms with Gasteiger partial charge in [0.1, 0.15) is 42.3 Å². The molecule has 15 nitrogen and oxygen atoms in total. The van der Waals surface area contributed by atoms with Gasteiger partial charge in [0.25, 0.3) is 0 Å². The number of rotatable bonds is 18. The Morgan fingerprint density at radius 3 is 2.16 bits per heavy atom. The summed E-state index contributed by atoms with van der Waals surface area (Å²) >= 11 is 0. The molecule has 2 heterocycles. The predicted octanol–water partition coefficient (Wildman–Crippen LogP) is 7.22. The minimum Gasteiger partial charge on any atom is -0.492 e. The van der Waals surface area contributed by atoms with Gasteiger partial charge in [0, 0.05) is 85.4 Å². The zero-order valence-electron chi connectivity index (χ0n) is 41.0. The lowest BCUT2D eigenvalue weighted by Gasteiger charge is -2.32. The molecule has 1 aromatic heterocycles. The van der Waals surface area contributed by atoms with Crippen LogP contribution in [0.4, 0.5) is 0 Å². The van der Waals surface area contributed by atoms with Crippen molar-refractivity contribution in [1.82, 2.24) is 15.2 Å². The van der Waals surface area contributed by atoms with Crippen LogP contribution >= 0.6 is 0 Å². The number of likely N-dealkylation sites (N-methyl/N-ethyl adjacent to an activating group) is 1. The number of ketones is 3. The number of hydrogen-bond donors (Lipinski definition) is 4. The molecule has 4 atom stereocenters. The van der Waals surface area contributed by atoms with E-state index in [1.807, 2.05) is 54.6 Å². The zero-order valence-corrected chi connectivity index (χ0v) is 41.0. The van der Waals surface area contributed by atoms with E-state index in [0.717, 1.165) is 0 Å². The summed E-state index contributed by atoms with van der Waals surface area (Å²) in [5.74, 6) is -1.96. The minimum absolute atomic E-state index is 0.00961. The molecule has 0 aliphatic carbocycles. The molecule has 1 aliphatic heterocycles. The number of hydrogen-bond acceptors (Lipinski definition) is 13. The third kappa shape index (κ3) is 12.8. The first-order chi connectivity index (χ1) is 33.4. The molecule has 0 fully saturated rings. The Bertz CT molecular complexity index is 2760. The van der Waals surface area contributed by atoms with Crippen molar-refractivity contribution in [3.63, 3.8) is 0 Å². The highest BCUT2D eigenvalue weighted by atomic mass is 16.5. The Morgan fingerprint density at radius 1 is 0.857 bits per heavy atom. The van der Waals surface area contributed by atoms with Crippen molar-refractivity contribution in [1.29, 1.82) is 5.26 Å². The fourth-order valence-electron chi connectivity index (χ4n) is 8.73. The molecule has 6 rings (SSSR count). The molecule has 0 saturated heterocycles. The largest absolute Gasteiger partial charge is 0.492 e. The monoisotopic (exact) mass is 951 g/mol. The van der Waals surface area contributed by atoms with E-state index in [4.69, 9.17) is 36.4 Å². The molecular formula is C55H65N7O8. The SMILES string of the molecule is Cc1nc2ccc(Oc3ccc(C(C)(C)C)cc3)cc2cc1C(=O)C[C@@H](CCN)C(=O)N(C)[C@@H]1C(=O)C[C@@H](C)C(=O)N[C@H](C(=O)CCC#N)Cc2ccc(OCCN)c(c2)-c2cc1ccc2OCCN. The molecule has 1 aliphatic rings. The number of ether oxygens (including phenoxy) is 3. The number of nitriles is 1. The van der Waals surface area contributed by atoms with Crippen molar-refractivity contribution in [3.8, 4) is 40.2 Å². The second kappa shape index (κ2) is 23.5. The van der Waals surface area contributed by atoms with E-state index in [1.54, 1.807) is 50.2 Å². The van der Waals surface area contributed by atoms with Gasteiger partial charge in [0.15, 0.2) is 17.3 Å². The van der Waals surface area contributed by atoms with Crippen molar-refractivity contribution < 1.29 is 38.2 Å². The molecule has 15 heteroatoms. The van der Waals surface area contributed by atoms with Gasteiger partial charge in [-0.15, -0.1) is 0 Å². The van der Waals surface area contributed by atoms with Gasteiger partial charge in [-0.3, -0.25) is 29.0 Å². The van der Waals surface area contributed by atoms with Crippen LogP contribution in [0.25, 0.3) is 22.0 Å². The highest BCUT2D eigenvalue weighted by Crippen LogP contribution is 2.41. The number of nitrogens with zero attached hydrogens (tertiary/aromatic N) is 3. The van der Waals surface area contributed by atoms with Crippen molar-refractivity contribution in [2.24, 2.45) is 29.0 Å². The topological polar surface area (TPSA) is 243 Å². The molecule has 0 spiro atoms. The molecule has 7 N–H and O–H groups in total. The van der Waals surface area contributed by atoms with Gasteiger partial charge in [0.05, 0.1) is 17.6 Å². The lowest BCUT2D eigenvalue weighted by Crippen LogP contribution is -2.46. The molecule has 0 radical (unpaired) electrons. The Labute approximate surface area is 410 Å². The highest BCUT2D eigenvalue weighted by Gasteiger charge is 2.36. The number of benzene rings is 4. The van der Waals surface area contributed by atoms with Gasteiger partial charge >= 0.3 is 0 Å². The number of amides is 2. The highest BCUT2D eigenvalue weighted by molar-refractivity contribution is 6.03. The van der Waals surface area contributed by atoms with Crippen LogP contribution in [-0.4, -0.2) is 85.0 Å². The van der Waals surface area contributed by atoms with E-state index in [9.17, 15) is 29.2 Å². The zero-order chi connectivity index (χ0) is 50.7. The molecule has 2 amide bonds. The van der Waals surface area contributed by atoms with Crippen molar-refractivity contribution >= 4 is 40.1 Å². The third-order valence-corrected chi connectivity index (χ3v) is 12.6. The number of nitrogens with two attached hydrogens (primary N) is 3. The fraction of sp³-hybridized carbons (Fsp3) is 0.400. The number of aryl methyl sites for hydroxylation is 1. The Kier molecular flexibility index (Phi) is 17.6. The van der Waals surface area contributed by atoms with E-state index in [1.165, 1.54) is 17.5 Å². The van der Waals surface area contributed by atoms with E-state index < -0.39 is 41.5 Å². The fourth-order valence-corrected chi connectivity index (χ4v) is 8.73. The first-order valence-corrected chi connectivity index (χ1v) is 23.8. The number of fused-ring (bicyclic) bond motifs is 6. The number of pyridine rings is 1. The lowest BCUT2D eigenvalue weighted by molar-refractivity contribution is -0.142. The van der Waals surface area contributed by atoms with E-state index >= 15 is 0 Å². The van der Waals surface area contributed by atoms with Crippen LogP contribution in [0.3, 0.4) is 0 Å². The van der Waals surface area contributed by atoms with Crippen molar-refractivity contribution in [3.05, 3.63) is 113 Å². The first-order valence-electron chi connectivity index (χ1n) is 23.8. The Morgan fingerprint density at radius 2 is 1.51 bits per heavy atom. The first kappa shape index (κ1) is 52.4. The maximum atomic E-state index is 14.9. The van der Waals surface area contributed by atoms with Crippen LogP contribution in [0.5, 0.6) is 23.0 Å². The second-order valence-electron chi connectivity index (χ2n) is 18.9. The molecule has 368 valence electrons. The van der Waals surface area contributed by atoms with Crippen LogP contribution in [0, 0.1) is 30.1 Å². The summed E-state index contributed by atoms with van der Waals surface area (Å²) in [6, 6.07) is 25.4. The molecule has 4 aromatic carbocycles. The third-order valence-electron chi connectivity index (χ3n) is 12.6. The summed E-state index contributed by atoms with van der Waals surface area (Å²) in [5.41, 5.74) is 22.7. The van der Waals surface area contributed by atoms with E-state index in [0.29, 0.717) is 67.4 Å². The van der Waals surface area contributed by atoms with Gasteiger partial charge in [-0.25, -0.2) is 0 Å². The number of Topliss-reactive ketones (excluding diaryl/α,β-unsaturated/α-hetero) is 3. The van der Waals surface area contributed by atoms with E-state index in [-0.39, 0.29) is 88.4 Å². The Balaban J connectivity index is 1.37. The van der Waals surface area contributed by atoms with Crippen LogP contribution in [0.15, 0.2) is 84.9 Å². The number of aromatic nitrogens is 1. The van der Waals surface area contributed by atoms with E-state index in [2.05, 4.69) is 26.1 Å². The number of carbonyl (C=O) groups is 5. The van der Waals surface area contributed by atoms with Gasteiger partial charge in [0.2, 0.25) is 11.8 Å². The normalized spacial score (nSPS) is 16.6. The molecule has 70 heavy (non-hydrogen) atoms. The maximum absolute atomic E-state index is 14.9. The second-order valence-corrected chi connectivity index (χ2v) is 18.9. The summed E-state index contributed by atoms with van der Waals surface area (Å²) in [6.45, 7) is 10.6. The number of nitrogens with one attached hydrogen (secondary N) is 1. The number of carbonyl (C=O) groups excluding carboxylic acids is 5. The van der Waals surface area contributed by atoms with Crippen LogP contribution in [0.1, 0.15) is 98.6 Å². The van der Waals surface area contributed by atoms with Gasteiger partial charge in [-0.2, -0.15) is 5.26 Å². The average Bonchev–Trinajstić information content (AvgIpc) is 3.33. The van der Waals surface area contributed by atoms with Gasteiger partial charge in [-0.05, 0) is 109 Å². The van der Waals surface area contributed by atoms with Crippen LogP contribution in [0.2, 0.25) is 0 Å². The van der Waals surface area contributed by atoms with Gasteiger partial charge < -0.3 is 41.6 Å². The molecule has 4 bridgehead atoms. The molecule has 5 aromatic rings. The summed E-state index contributed by atoms with van der Waals surface area (Å²) in [6.07, 6.45) is -0.420. The standard InChI is InChI=1S/C55H65N7O8/c1-33-26-49(65)52(36-10-18-51(69-25-23-59)44(30-36)43-27-35(9-17-50(43)68-24-22-58)28-46(61-53(33)66)47(63)8-7-20-56)62(6)54(67)37(19-21-57)32-48(64)42-31-38-29-41(15-16-45(38)60-34(42)2)70-40-13-11-39(12-14-40)55(3,4)5/h9-18,27,29-31,33,37,46,52H,7-8,19,21-26,28,32,57-59H2,1-6H3,(H,61,66)/t33-,37-,46+,52+/m1/s1. The quantitative estimate of drug-likeness (QED) is 0.0635. The Hall–Kier alpha value is -6.99. The minimum atomic E-state index is -1.25. The van der Waals surface area contributed by atoms with Crippen LogP contribution in [-0.2, 0) is 31.0 Å². The molecular weight excluding hydrogens is 887 g/mol. The van der Waals surface area contributed by atoms with Gasteiger partial charge in [-0.1, -0.05) is 52.0 Å². The smallest absolute Gasteiger partial charge is 0.226 e. The summed E-state index contributed by atoms with van der Waals surface area (Å²) in [4.78, 5) is 77.5. The summed E-state index contributed by atoms with van der Waals surface area (Å²) < 4.78 is 18.5. The van der Waals surface area contributed by atoms with Crippen molar-refractivity contribution in [2.75, 3.05) is 39.9 Å². The molecule has 0 unspecified atom stereocenters. The van der Waals surface area contributed by atoms with Crippen molar-refractivity contribution in [2.45, 2.75) is 90.6 Å². The predicted molar refractivity (Wildman–Crippen MR) is 269 cm³/mol. The summed E-state index contributed by atoms with van der Waals surface area (Å²) in [7, 11) is 1.51. The molecule has 0 saturated carbocycles. The lowest BCUT2D eigenvalue weighted by atomic mass is 9.87. The summed E-state index contributed by atoms with van der Waals surface area (Å²) in [5, 5.41) is 12.8. The average molecular weight is 952 g/mol. The maximum Gasteiger partial charge on any atom is 0.226 e.